The molecule has 6 nitrogen and oxygen atoms in total. The quantitative estimate of drug-likeness (QED) is 0.539. The molecular formula is C21H23F3N4O2. The highest BCUT2D eigenvalue weighted by Crippen LogP contribution is 2.32. The van der Waals surface area contributed by atoms with Gasteiger partial charge in [0.2, 0.25) is 17.6 Å². The molecule has 0 aliphatic carbocycles. The first-order valence-electron chi connectivity index (χ1n) is 9.63. The molecule has 1 fully saturated rings. The van der Waals surface area contributed by atoms with E-state index in [0.717, 1.165) is 12.1 Å². The predicted molar refractivity (Wildman–Crippen MR) is 105 cm³/mol. The van der Waals surface area contributed by atoms with Gasteiger partial charge in [0, 0.05) is 37.8 Å². The molecule has 0 radical (unpaired) electrons. The van der Waals surface area contributed by atoms with E-state index in [-0.39, 0.29) is 23.3 Å². The summed E-state index contributed by atoms with van der Waals surface area (Å²) in [5.74, 6) is 0.408. The molecule has 9 heteroatoms. The van der Waals surface area contributed by atoms with E-state index in [1.165, 1.54) is 12.1 Å². The fraction of sp³-hybridized carbons (Fsp3) is 0.381. The first kappa shape index (κ1) is 21.8. The van der Waals surface area contributed by atoms with Gasteiger partial charge >= 0.3 is 6.18 Å². The zero-order chi connectivity index (χ0) is 21.7. The van der Waals surface area contributed by atoms with Crippen molar-refractivity contribution in [2.24, 2.45) is 0 Å². The van der Waals surface area contributed by atoms with Crippen LogP contribution in [0.3, 0.4) is 0 Å². The minimum Gasteiger partial charge on any atom is -0.337 e. The number of hydrogen-bond donors (Lipinski definition) is 0. The van der Waals surface area contributed by atoms with Gasteiger partial charge in [-0.15, -0.1) is 0 Å². The molecule has 0 N–H and O–H groups in total. The summed E-state index contributed by atoms with van der Waals surface area (Å²) >= 11 is 0. The summed E-state index contributed by atoms with van der Waals surface area (Å²) in [5, 5.41) is 3.85. The topological polar surface area (TPSA) is 62.5 Å². The number of hydrogen-bond acceptors (Lipinski definition) is 5. The molecule has 1 aliphatic rings. The summed E-state index contributed by atoms with van der Waals surface area (Å²) in [5.41, 5.74) is -0.515. The number of benzene rings is 1. The smallest absolute Gasteiger partial charge is 0.337 e. The molecule has 1 aliphatic heterocycles. The van der Waals surface area contributed by atoms with Crippen LogP contribution in [0, 0.1) is 0 Å². The number of allylic oxidation sites excluding steroid dienone is 3. The van der Waals surface area contributed by atoms with Gasteiger partial charge in [-0.2, -0.15) is 18.2 Å². The Hall–Kier alpha value is -2.94. The van der Waals surface area contributed by atoms with Crippen LogP contribution >= 0.6 is 0 Å². The first-order chi connectivity index (χ1) is 14.3. The first-order valence-corrected chi connectivity index (χ1v) is 9.63. The van der Waals surface area contributed by atoms with Crippen molar-refractivity contribution < 1.29 is 22.5 Å². The van der Waals surface area contributed by atoms with Crippen LogP contribution in [0.5, 0.6) is 0 Å². The Morgan fingerprint density at radius 1 is 1.20 bits per heavy atom. The van der Waals surface area contributed by atoms with Gasteiger partial charge < -0.3 is 9.42 Å². The molecule has 160 valence electrons. The standard InChI is InChI=1S/C21H23F3N4O2/c1-3-4-5-9-18(29)28-12-10-27(11-13-28)15(2)20-25-19(26-30-20)16-7-6-8-17(14-16)21(22,23)24/h3-9,14-15H,10-13H2,1-2H3/b4-3+,9-5+. The summed E-state index contributed by atoms with van der Waals surface area (Å²) < 4.78 is 44.1. The van der Waals surface area contributed by atoms with E-state index in [9.17, 15) is 18.0 Å². The zero-order valence-corrected chi connectivity index (χ0v) is 16.8. The lowest BCUT2D eigenvalue weighted by atomic mass is 10.1. The fourth-order valence-corrected chi connectivity index (χ4v) is 3.20. The van der Waals surface area contributed by atoms with E-state index in [1.807, 2.05) is 19.9 Å². The minimum absolute atomic E-state index is 0.0370. The van der Waals surface area contributed by atoms with Crippen molar-refractivity contribution in [3.63, 3.8) is 0 Å². The van der Waals surface area contributed by atoms with Crippen LogP contribution in [-0.4, -0.2) is 52.0 Å². The monoisotopic (exact) mass is 420 g/mol. The second-order valence-electron chi connectivity index (χ2n) is 6.96. The third-order valence-electron chi connectivity index (χ3n) is 4.96. The van der Waals surface area contributed by atoms with Crippen molar-refractivity contribution in [2.45, 2.75) is 26.1 Å². The third kappa shape index (κ3) is 5.15. The number of aromatic nitrogens is 2. The van der Waals surface area contributed by atoms with Crippen molar-refractivity contribution in [1.29, 1.82) is 0 Å². The number of piperazine rings is 1. The van der Waals surface area contributed by atoms with E-state index < -0.39 is 11.7 Å². The highest BCUT2D eigenvalue weighted by molar-refractivity contribution is 5.87. The summed E-state index contributed by atoms with van der Waals surface area (Å²) in [6, 6.07) is 4.62. The van der Waals surface area contributed by atoms with Crippen LogP contribution in [0.25, 0.3) is 11.4 Å². The molecule has 1 atom stereocenters. The number of carbonyl (C=O) groups is 1. The van der Waals surface area contributed by atoms with Gasteiger partial charge in [-0.05, 0) is 26.0 Å². The van der Waals surface area contributed by atoms with E-state index in [1.54, 1.807) is 23.1 Å². The number of rotatable bonds is 5. The van der Waals surface area contributed by atoms with Crippen molar-refractivity contribution >= 4 is 5.91 Å². The van der Waals surface area contributed by atoms with Crippen molar-refractivity contribution in [3.05, 3.63) is 60.0 Å². The van der Waals surface area contributed by atoms with Gasteiger partial charge in [0.15, 0.2) is 0 Å². The van der Waals surface area contributed by atoms with Gasteiger partial charge in [-0.3, -0.25) is 9.69 Å². The summed E-state index contributed by atoms with van der Waals surface area (Å²) in [6.07, 6.45) is 2.47. The average molecular weight is 420 g/mol. The van der Waals surface area contributed by atoms with E-state index >= 15 is 0 Å². The number of nitrogens with zero attached hydrogens (tertiary/aromatic N) is 4. The van der Waals surface area contributed by atoms with Gasteiger partial charge in [0.25, 0.3) is 0 Å². The second-order valence-corrected chi connectivity index (χ2v) is 6.96. The van der Waals surface area contributed by atoms with E-state index in [0.29, 0.717) is 32.1 Å². The Bertz CT molecular complexity index is 928. The van der Waals surface area contributed by atoms with Gasteiger partial charge in [0.1, 0.15) is 0 Å². The molecule has 3 rings (SSSR count). The van der Waals surface area contributed by atoms with Gasteiger partial charge in [0.05, 0.1) is 11.6 Å². The Balaban J connectivity index is 1.64. The van der Waals surface area contributed by atoms with Crippen molar-refractivity contribution in [1.82, 2.24) is 19.9 Å². The predicted octanol–water partition coefficient (Wildman–Crippen LogP) is 4.09. The van der Waals surface area contributed by atoms with Crippen LogP contribution in [0.4, 0.5) is 13.2 Å². The highest BCUT2D eigenvalue weighted by atomic mass is 19.4. The lowest BCUT2D eigenvalue weighted by Crippen LogP contribution is -2.48. The summed E-state index contributed by atoms with van der Waals surface area (Å²) in [4.78, 5) is 20.3. The summed E-state index contributed by atoms with van der Waals surface area (Å²) in [7, 11) is 0. The summed E-state index contributed by atoms with van der Waals surface area (Å²) in [6.45, 7) is 6.17. The number of alkyl halides is 3. The Morgan fingerprint density at radius 3 is 2.60 bits per heavy atom. The SMILES string of the molecule is C/C=C/C=C/C(=O)N1CCN(C(C)c2nc(-c3cccc(C(F)(F)F)c3)no2)CC1. The van der Waals surface area contributed by atoms with Crippen LogP contribution in [0.1, 0.15) is 31.3 Å². The molecule has 0 bridgehead atoms. The van der Waals surface area contributed by atoms with Gasteiger partial charge in [-0.1, -0.05) is 35.5 Å². The molecule has 0 spiro atoms. The molecule has 1 aromatic heterocycles. The Kier molecular flexibility index (Phi) is 6.71. The van der Waals surface area contributed by atoms with Gasteiger partial charge in [-0.25, -0.2) is 0 Å². The fourth-order valence-electron chi connectivity index (χ4n) is 3.20. The maximum Gasteiger partial charge on any atom is 0.416 e. The molecule has 1 unspecified atom stereocenters. The van der Waals surface area contributed by atoms with Crippen molar-refractivity contribution in [2.75, 3.05) is 26.2 Å². The molecule has 2 heterocycles. The maximum atomic E-state index is 12.9. The van der Waals surface area contributed by atoms with Crippen LogP contribution in [-0.2, 0) is 11.0 Å². The lowest BCUT2D eigenvalue weighted by molar-refractivity contribution is -0.137. The molecule has 1 saturated heterocycles. The Labute approximate surface area is 172 Å². The normalized spacial score (nSPS) is 17.2. The minimum atomic E-state index is -4.44. The zero-order valence-electron chi connectivity index (χ0n) is 16.8. The number of carbonyl (C=O) groups excluding carboxylic acids is 1. The van der Waals surface area contributed by atoms with E-state index in [4.69, 9.17) is 4.52 Å². The molecular weight excluding hydrogens is 397 g/mol. The number of amides is 1. The highest BCUT2D eigenvalue weighted by Gasteiger charge is 2.31. The average Bonchev–Trinajstić information content (AvgIpc) is 3.23. The Morgan fingerprint density at radius 2 is 1.93 bits per heavy atom. The largest absolute Gasteiger partial charge is 0.416 e. The lowest BCUT2D eigenvalue weighted by Gasteiger charge is -2.36. The molecule has 30 heavy (non-hydrogen) atoms. The molecule has 0 saturated carbocycles. The second kappa shape index (κ2) is 9.25. The van der Waals surface area contributed by atoms with Crippen LogP contribution < -0.4 is 0 Å². The number of halogens is 3. The third-order valence-corrected chi connectivity index (χ3v) is 4.96. The molecule has 1 amide bonds. The van der Waals surface area contributed by atoms with Crippen LogP contribution in [0.15, 0.2) is 53.1 Å². The maximum absolute atomic E-state index is 12.9. The molecule has 1 aromatic carbocycles. The van der Waals surface area contributed by atoms with E-state index in [2.05, 4.69) is 15.0 Å². The van der Waals surface area contributed by atoms with Crippen LogP contribution in [0.2, 0.25) is 0 Å². The van der Waals surface area contributed by atoms with Crippen molar-refractivity contribution in [3.8, 4) is 11.4 Å². The molecule has 2 aromatic rings.